The number of amides is 1. The van der Waals surface area contributed by atoms with Gasteiger partial charge in [-0.25, -0.2) is 0 Å². The first kappa shape index (κ1) is 18.8. The van der Waals surface area contributed by atoms with E-state index >= 15 is 0 Å². The van der Waals surface area contributed by atoms with Gasteiger partial charge in [-0.05, 0) is 43.3 Å². The standard InChI is InChI=1S/C20H19N5O4S/c1-24-9-6-13(7-10-24)19-20-16(3-2-8-21-20)25(23-19)30(27,28)14-4-5-15-17(11-14)29-12-18(26)22-15/h2-6,8,11H,7,9-10,12H2,1H3,(H,22,26). The lowest BCUT2D eigenvalue weighted by Gasteiger charge is -2.20. The summed E-state index contributed by atoms with van der Waals surface area (Å²) in [7, 11) is -1.97. The van der Waals surface area contributed by atoms with Crippen molar-refractivity contribution in [1.29, 1.82) is 0 Å². The third-order valence-corrected chi connectivity index (χ3v) is 6.82. The van der Waals surface area contributed by atoms with Crippen molar-refractivity contribution in [3.05, 3.63) is 48.3 Å². The molecule has 0 aliphatic carbocycles. The molecule has 0 bridgehead atoms. The maximum atomic E-state index is 13.4. The number of ether oxygens (including phenoxy) is 1. The minimum Gasteiger partial charge on any atom is -0.482 e. The molecule has 2 aliphatic rings. The molecule has 10 heteroatoms. The van der Waals surface area contributed by atoms with E-state index < -0.39 is 10.0 Å². The summed E-state index contributed by atoms with van der Waals surface area (Å²) in [5, 5.41) is 7.14. The lowest BCUT2D eigenvalue weighted by Crippen LogP contribution is -2.25. The van der Waals surface area contributed by atoms with Crippen LogP contribution in [0.1, 0.15) is 12.1 Å². The number of likely N-dealkylation sites (N-methyl/N-ethyl adjacent to an activating group) is 1. The summed E-state index contributed by atoms with van der Waals surface area (Å²) in [5.74, 6) is 0.0295. The van der Waals surface area contributed by atoms with Crippen LogP contribution in [0.3, 0.4) is 0 Å². The molecule has 1 aromatic carbocycles. The predicted molar refractivity (Wildman–Crippen MR) is 111 cm³/mol. The molecule has 5 rings (SSSR count). The number of pyridine rings is 1. The number of hydrogen-bond donors (Lipinski definition) is 1. The average Bonchev–Trinajstić information content (AvgIpc) is 3.14. The fraction of sp³-hybridized carbons (Fsp3) is 0.250. The van der Waals surface area contributed by atoms with Crippen LogP contribution in [0, 0.1) is 0 Å². The molecule has 2 aromatic heterocycles. The van der Waals surface area contributed by atoms with Crippen LogP contribution in [-0.4, -0.2) is 60.1 Å². The van der Waals surface area contributed by atoms with Crippen molar-refractivity contribution in [3.63, 3.8) is 0 Å². The second-order valence-electron chi connectivity index (χ2n) is 7.30. The summed E-state index contributed by atoms with van der Waals surface area (Å²) in [4.78, 5) is 18.1. The second kappa shape index (κ2) is 6.92. The summed E-state index contributed by atoms with van der Waals surface area (Å²) >= 11 is 0. The topological polar surface area (TPSA) is 106 Å². The van der Waals surface area contributed by atoms with Crippen molar-refractivity contribution in [2.45, 2.75) is 11.3 Å². The van der Waals surface area contributed by atoms with Gasteiger partial charge < -0.3 is 15.0 Å². The van der Waals surface area contributed by atoms with Gasteiger partial charge in [-0.15, -0.1) is 0 Å². The number of fused-ring (bicyclic) bond motifs is 2. The van der Waals surface area contributed by atoms with E-state index in [9.17, 15) is 13.2 Å². The van der Waals surface area contributed by atoms with Gasteiger partial charge >= 0.3 is 0 Å². The number of nitrogens with zero attached hydrogens (tertiary/aromatic N) is 4. The Kier molecular flexibility index (Phi) is 4.33. The zero-order chi connectivity index (χ0) is 20.9. The lowest BCUT2D eigenvalue weighted by atomic mass is 10.0. The fourth-order valence-electron chi connectivity index (χ4n) is 3.63. The molecule has 0 radical (unpaired) electrons. The molecule has 1 amide bonds. The molecular formula is C20H19N5O4S. The van der Waals surface area contributed by atoms with Gasteiger partial charge in [0.1, 0.15) is 22.5 Å². The Balaban J connectivity index is 1.63. The summed E-state index contributed by atoms with van der Waals surface area (Å²) in [6, 6.07) is 7.74. The van der Waals surface area contributed by atoms with Crippen LogP contribution < -0.4 is 10.1 Å². The van der Waals surface area contributed by atoms with E-state index in [2.05, 4.69) is 26.4 Å². The van der Waals surface area contributed by atoms with Crippen molar-refractivity contribution in [3.8, 4) is 5.75 Å². The van der Waals surface area contributed by atoms with Crippen molar-refractivity contribution in [2.75, 3.05) is 32.1 Å². The zero-order valence-corrected chi connectivity index (χ0v) is 17.0. The Hall–Kier alpha value is -3.24. The van der Waals surface area contributed by atoms with Gasteiger partial charge in [0.25, 0.3) is 15.9 Å². The molecule has 0 fully saturated rings. The largest absolute Gasteiger partial charge is 0.482 e. The molecular weight excluding hydrogens is 406 g/mol. The smallest absolute Gasteiger partial charge is 0.283 e. The predicted octanol–water partition coefficient (Wildman–Crippen LogP) is 1.72. The first-order valence-electron chi connectivity index (χ1n) is 9.47. The molecule has 4 heterocycles. The molecule has 30 heavy (non-hydrogen) atoms. The van der Waals surface area contributed by atoms with Gasteiger partial charge in [-0.3, -0.25) is 9.78 Å². The van der Waals surface area contributed by atoms with Crippen molar-refractivity contribution >= 4 is 38.2 Å². The number of rotatable bonds is 3. The van der Waals surface area contributed by atoms with E-state index in [1.54, 1.807) is 18.3 Å². The number of anilines is 1. The van der Waals surface area contributed by atoms with Crippen LogP contribution in [0.25, 0.3) is 16.6 Å². The lowest BCUT2D eigenvalue weighted by molar-refractivity contribution is -0.118. The Morgan fingerprint density at radius 1 is 1.23 bits per heavy atom. The van der Waals surface area contributed by atoms with E-state index in [0.29, 0.717) is 28.2 Å². The van der Waals surface area contributed by atoms with Crippen LogP contribution in [0.15, 0.2) is 47.5 Å². The van der Waals surface area contributed by atoms with Crippen LogP contribution in [0.2, 0.25) is 0 Å². The summed E-state index contributed by atoms with van der Waals surface area (Å²) < 4.78 is 33.3. The summed E-state index contributed by atoms with van der Waals surface area (Å²) in [6.07, 6.45) is 4.47. The Morgan fingerprint density at radius 2 is 2.10 bits per heavy atom. The van der Waals surface area contributed by atoms with Crippen LogP contribution in [0.5, 0.6) is 5.75 Å². The number of nitrogens with one attached hydrogen (secondary N) is 1. The van der Waals surface area contributed by atoms with Crippen molar-refractivity contribution in [1.82, 2.24) is 19.1 Å². The molecule has 2 aliphatic heterocycles. The molecule has 3 aromatic rings. The van der Waals surface area contributed by atoms with Gasteiger partial charge in [-0.2, -0.15) is 17.6 Å². The van der Waals surface area contributed by atoms with Crippen molar-refractivity contribution < 1.29 is 17.9 Å². The molecule has 1 N–H and O–H groups in total. The van der Waals surface area contributed by atoms with Gasteiger partial charge in [0.05, 0.1) is 10.6 Å². The third-order valence-electron chi connectivity index (χ3n) is 5.24. The van der Waals surface area contributed by atoms with E-state index in [1.807, 2.05) is 7.05 Å². The van der Waals surface area contributed by atoms with Crippen molar-refractivity contribution in [2.24, 2.45) is 0 Å². The number of aromatic nitrogens is 3. The third kappa shape index (κ3) is 3.04. The highest BCUT2D eigenvalue weighted by molar-refractivity contribution is 7.90. The molecule has 0 saturated carbocycles. The number of carbonyl (C=O) groups is 1. The van der Waals surface area contributed by atoms with Gasteiger partial charge in [-0.1, -0.05) is 6.08 Å². The minimum absolute atomic E-state index is 0.0227. The van der Waals surface area contributed by atoms with Crippen LogP contribution in [0.4, 0.5) is 5.69 Å². The van der Waals surface area contributed by atoms with E-state index in [1.165, 1.54) is 18.2 Å². The Morgan fingerprint density at radius 3 is 2.90 bits per heavy atom. The van der Waals surface area contributed by atoms with Gasteiger partial charge in [0, 0.05) is 25.4 Å². The quantitative estimate of drug-likeness (QED) is 0.681. The number of benzene rings is 1. The highest BCUT2D eigenvalue weighted by Gasteiger charge is 2.27. The number of carbonyl (C=O) groups excluding carboxylic acids is 1. The maximum Gasteiger partial charge on any atom is 0.283 e. The summed E-state index contributed by atoms with van der Waals surface area (Å²) in [5.41, 5.74) is 2.98. The number of hydrogen-bond acceptors (Lipinski definition) is 7. The van der Waals surface area contributed by atoms with Gasteiger partial charge in [0.15, 0.2) is 6.61 Å². The first-order valence-corrected chi connectivity index (χ1v) is 10.9. The maximum absolute atomic E-state index is 13.4. The fourth-order valence-corrected chi connectivity index (χ4v) is 4.92. The van der Waals surface area contributed by atoms with Gasteiger partial charge in [0.2, 0.25) is 0 Å². The minimum atomic E-state index is -4.01. The Labute approximate surface area is 173 Å². The monoisotopic (exact) mass is 425 g/mol. The summed E-state index contributed by atoms with van der Waals surface area (Å²) in [6.45, 7) is 1.49. The van der Waals surface area contributed by atoms with E-state index in [0.717, 1.165) is 29.2 Å². The zero-order valence-electron chi connectivity index (χ0n) is 16.2. The molecule has 0 spiro atoms. The van der Waals surface area contributed by atoms with E-state index in [-0.39, 0.29) is 17.4 Å². The van der Waals surface area contributed by atoms with Crippen LogP contribution in [-0.2, 0) is 14.8 Å². The molecule has 0 atom stereocenters. The van der Waals surface area contributed by atoms with Crippen LogP contribution >= 0.6 is 0 Å². The molecule has 154 valence electrons. The highest BCUT2D eigenvalue weighted by atomic mass is 32.2. The molecule has 0 saturated heterocycles. The molecule has 0 unspecified atom stereocenters. The normalized spacial score (nSPS) is 17.2. The average molecular weight is 425 g/mol. The second-order valence-corrected chi connectivity index (χ2v) is 9.07. The first-order chi connectivity index (χ1) is 14.4. The van der Waals surface area contributed by atoms with E-state index in [4.69, 9.17) is 4.74 Å². The molecule has 9 nitrogen and oxygen atoms in total. The highest BCUT2D eigenvalue weighted by Crippen LogP contribution is 2.33. The Bertz CT molecular complexity index is 1310. The SMILES string of the molecule is CN1CC=C(c2nn(S(=O)(=O)c3ccc4c(c3)OCC(=O)N4)c3cccnc23)CC1.